The second kappa shape index (κ2) is 6.39. The number of nitrogens with one attached hydrogen (secondary N) is 1. The predicted molar refractivity (Wildman–Crippen MR) is 77.9 cm³/mol. The molecule has 4 nitrogen and oxygen atoms in total. The number of aliphatic hydroxyl groups excluding tert-OH is 1. The minimum Gasteiger partial charge on any atom is -0.391 e. The third-order valence-corrected chi connectivity index (χ3v) is 4.52. The Kier molecular flexibility index (Phi) is 4.82. The average Bonchev–Trinajstić information content (AvgIpc) is 2.40. The van der Waals surface area contributed by atoms with Gasteiger partial charge in [-0.2, -0.15) is 0 Å². The molecule has 1 aromatic rings. The third kappa shape index (κ3) is 3.70. The lowest BCUT2D eigenvalue weighted by Crippen LogP contribution is -2.46. The first-order valence-electron chi connectivity index (χ1n) is 6.52. The topological polar surface area (TPSA) is 52.6 Å². The zero-order valence-corrected chi connectivity index (χ0v) is 12.6. The maximum Gasteiger partial charge on any atom is 0.317 e. The Hall–Kier alpha value is -1.07. The molecule has 0 saturated carbocycles. The molecule has 1 heterocycles. The van der Waals surface area contributed by atoms with Crippen LogP contribution in [0.1, 0.15) is 24.0 Å². The van der Waals surface area contributed by atoms with E-state index in [1.165, 1.54) is 0 Å². The lowest BCUT2D eigenvalue weighted by Gasteiger charge is -2.30. The van der Waals surface area contributed by atoms with Gasteiger partial charge in [-0.05, 0) is 30.9 Å². The van der Waals surface area contributed by atoms with Crippen LogP contribution >= 0.6 is 15.9 Å². The van der Waals surface area contributed by atoms with Crippen molar-refractivity contribution >= 4 is 22.0 Å². The number of nitrogens with zero attached hydrogens (tertiary/aromatic N) is 1. The van der Waals surface area contributed by atoms with Crippen LogP contribution in [0.15, 0.2) is 22.7 Å². The number of halogens is 1. The Morgan fingerprint density at radius 3 is 3.11 bits per heavy atom. The number of amides is 2. The van der Waals surface area contributed by atoms with Crippen LogP contribution in [0.2, 0.25) is 0 Å². The van der Waals surface area contributed by atoms with E-state index in [-0.39, 0.29) is 12.1 Å². The molecule has 0 aliphatic carbocycles. The Morgan fingerprint density at radius 2 is 2.37 bits per heavy atom. The largest absolute Gasteiger partial charge is 0.391 e. The van der Waals surface area contributed by atoms with Gasteiger partial charge in [-0.15, -0.1) is 0 Å². The molecule has 0 spiro atoms. The van der Waals surface area contributed by atoms with Crippen molar-refractivity contribution in [2.75, 3.05) is 13.1 Å². The molecule has 1 saturated heterocycles. The number of likely N-dealkylation sites (tertiary alicyclic amines) is 1. The van der Waals surface area contributed by atoms with Crippen molar-refractivity contribution in [3.05, 3.63) is 33.8 Å². The van der Waals surface area contributed by atoms with E-state index < -0.39 is 0 Å². The summed E-state index contributed by atoms with van der Waals surface area (Å²) < 4.78 is 1.04. The average molecular weight is 327 g/mol. The molecule has 0 radical (unpaired) electrons. The Balaban J connectivity index is 1.91. The molecule has 5 heteroatoms. The van der Waals surface area contributed by atoms with Gasteiger partial charge in [0.2, 0.25) is 0 Å². The van der Waals surface area contributed by atoms with Crippen LogP contribution in [0.3, 0.4) is 0 Å². The van der Waals surface area contributed by atoms with Crippen molar-refractivity contribution in [2.45, 2.75) is 32.4 Å². The molecule has 1 aliphatic heterocycles. The first-order valence-corrected chi connectivity index (χ1v) is 7.32. The molecule has 1 atom stereocenters. The Bertz CT molecular complexity index is 465. The van der Waals surface area contributed by atoms with Gasteiger partial charge in [-0.1, -0.05) is 34.1 Å². The molecule has 2 amide bonds. The normalized spacial score (nSPS) is 19.3. The number of piperidine rings is 1. The number of hydrogen-bond acceptors (Lipinski definition) is 2. The van der Waals surface area contributed by atoms with E-state index in [2.05, 4.69) is 21.2 Å². The van der Waals surface area contributed by atoms with E-state index in [4.69, 9.17) is 0 Å². The van der Waals surface area contributed by atoms with Crippen molar-refractivity contribution in [1.29, 1.82) is 0 Å². The highest BCUT2D eigenvalue weighted by Crippen LogP contribution is 2.20. The van der Waals surface area contributed by atoms with Crippen LogP contribution in [0.4, 0.5) is 4.79 Å². The molecule has 2 N–H and O–H groups in total. The minimum absolute atomic E-state index is 0.104. The fraction of sp³-hybridized carbons (Fsp3) is 0.500. The third-order valence-electron chi connectivity index (χ3n) is 3.39. The van der Waals surface area contributed by atoms with E-state index in [0.717, 1.165) is 35.0 Å². The number of carbonyl (C=O) groups is 1. The zero-order valence-electron chi connectivity index (χ0n) is 11.0. The first kappa shape index (κ1) is 14.3. The number of rotatable bonds is 2. The van der Waals surface area contributed by atoms with E-state index in [9.17, 15) is 9.90 Å². The summed E-state index contributed by atoms with van der Waals surface area (Å²) in [6.45, 7) is 3.67. The number of urea groups is 1. The zero-order chi connectivity index (χ0) is 13.8. The van der Waals surface area contributed by atoms with E-state index in [1.54, 1.807) is 4.90 Å². The molecule has 0 bridgehead atoms. The number of aryl methyl sites for hydroxylation is 1. The van der Waals surface area contributed by atoms with Gasteiger partial charge in [-0.25, -0.2) is 4.79 Å². The molecule has 1 fully saturated rings. The van der Waals surface area contributed by atoms with Crippen molar-refractivity contribution in [3.63, 3.8) is 0 Å². The highest BCUT2D eigenvalue weighted by atomic mass is 79.9. The SMILES string of the molecule is Cc1cccc(CNC(=O)N2CCCC(O)C2)c1Br. The predicted octanol–water partition coefficient (Wildman–Crippen LogP) is 2.42. The molecule has 1 aromatic carbocycles. The number of hydrogen-bond donors (Lipinski definition) is 2. The molecule has 19 heavy (non-hydrogen) atoms. The van der Waals surface area contributed by atoms with Gasteiger partial charge < -0.3 is 15.3 Å². The van der Waals surface area contributed by atoms with Crippen molar-refractivity contribution in [1.82, 2.24) is 10.2 Å². The van der Waals surface area contributed by atoms with Gasteiger partial charge in [0, 0.05) is 24.1 Å². The summed E-state index contributed by atoms with van der Waals surface area (Å²) in [7, 11) is 0. The summed E-state index contributed by atoms with van der Waals surface area (Å²) in [5.41, 5.74) is 2.21. The molecule has 1 unspecified atom stereocenters. The second-order valence-corrected chi connectivity index (χ2v) is 5.74. The van der Waals surface area contributed by atoms with E-state index in [1.807, 2.05) is 25.1 Å². The summed E-state index contributed by atoms with van der Waals surface area (Å²) >= 11 is 3.53. The monoisotopic (exact) mass is 326 g/mol. The van der Waals surface area contributed by atoms with Crippen molar-refractivity contribution in [3.8, 4) is 0 Å². The van der Waals surface area contributed by atoms with Crippen molar-refractivity contribution in [2.24, 2.45) is 0 Å². The summed E-state index contributed by atoms with van der Waals surface area (Å²) in [5.74, 6) is 0. The number of aliphatic hydroxyl groups is 1. The molecule has 104 valence electrons. The summed E-state index contributed by atoms with van der Waals surface area (Å²) in [4.78, 5) is 13.7. The Labute approximate surface area is 121 Å². The maximum atomic E-state index is 12.0. The number of β-amino-alcohol motifs (C(OH)–C–C–N with tert-alkyl or cyclic N) is 1. The highest BCUT2D eigenvalue weighted by molar-refractivity contribution is 9.10. The van der Waals surface area contributed by atoms with Crippen LogP contribution in [-0.2, 0) is 6.54 Å². The first-order chi connectivity index (χ1) is 9.08. The van der Waals surface area contributed by atoms with Crippen molar-refractivity contribution < 1.29 is 9.90 Å². The Morgan fingerprint density at radius 1 is 1.58 bits per heavy atom. The van der Waals surface area contributed by atoms with Gasteiger partial charge >= 0.3 is 6.03 Å². The number of carbonyl (C=O) groups excluding carboxylic acids is 1. The quantitative estimate of drug-likeness (QED) is 0.877. The summed E-state index contributed by atoms with van der Waals surface area (Å²) in [6.07, 6.45) is 1.26. The minimum atomic E-state index is -0.384. The fourth-order valence-electron chi connectivity index (χ4n) is 2.27. The second-order valence-electron chi connectivity index (χ2n) is 4.95. The number of benzene rings is 1. The molecule has 2 rings (SSSR count). The van der Waals surface area contributed by atoms with Crippen LogP contribution in [0, 0.1) is 6.92 Å². The molecule has 1 aliphatic rings. The molecular weight excluding hydrogens is 308 g/mol. The van der Waals surface area contributed by atoms with E-state index in [0.29, 0.717) is 13.1 Å². The van der Waals surface area contributed by atoms with Gasteiger partial charge in [0.1, 0.15) is 0 Å². The van der Waals surface area contributed by atoms with Gasteiger partial charge in [-0.3, -0.25) is 0 Å². The summed E-state index contributed by atoms with van der Waals surface area (Å²) in [6, 6.07) is 5.89. The van der Waals surface area contributed by atoms with E-state index >= 15 is 0 Å². The van der Waals surface area contributed by atoms with Gasteiger partial charge in [0.05, 0.1) is 6.10 Å². The van der Waals surface area contributed by atoms with Crippen LogP contribution in [0.5, 0.6) is 0 Å². The standard InChI is InChI=1S/C14H19BrN2O2/c1-10-4-2-5-11(13(10)15)8-16-14(19)17-7-3-6-12(18)9-17/h2,4-5,12,18H,3,6-9H2,1H3,(H,16,19). The van der Waals surface area contributed by atoms with Crippen LogP contribution in [0.25, 0.3) is 0 Å². The van der Waals surface area contributed by atoms with Gasteiger partial charge in [0.25, 0.3) is 0 Å². The molecular formula is C14H19BrN2O2. The highest BCUT2D eigenvalue weighted by Gasteiger charge is 2.21. The molecule has 0 aromatic heterocycles. The smallest absolute Gasteiger partial charge is 0.317 e. The van der Waals surface area contributed by atoms with Gasteiger partial charge in [0.15, 0.2) is 0 Å². The fourth-order valence-corrected chi connectivity index (χ4v) is 2.67. The maximum absolute atomic E-state index is 12.0. The lowest BCUT2D eigenvalue weighted by molar-refractivity contribution is 0.0841. The lowest BCUT2D eigenvalue weighted by atomic mass is 10.1. The summed E-state index contributed by atoms with van der Waals surface area (Å²) in [5, 5.41) is 12.5. The van der Waals surface area contributed by atoms with Crippen LogP contribution in [-0.4, -0.2) is 35.2 Å². The van der Waals surface area contributed by atoms with Crippen LogP contribution < -0.4 is 5.32 Å².